The third kappa shape index (κ3) is 2.35. The number of rotatable bonds is 3. The molecule has 78 valence electrons. The van der Waals surface area contributed by atoms with E-state index in [0.29, 0.717) is 10.0 Å². The predicted molar refractivity (Wildman–Crippen MR) is 58.7 cm³/mol. The molecule has 1 aromatic heterocycles. The Bertz CT molecular complexity index is 334. The first-order valence-corrected chi connectivity index (χ1v) is 5.11. The summed E-state index contributed by atoms with van der Waals surface area (Å²) < 4.78 is 0. The van der Waals surface area contributed by atoms with Crippen LogP contribution in [0.1, 0.15) is 23.5 Å². The van der Waals surface area contributed by atoms with Gasteiger partial charge >= 0.3 is 0 Å². The van der Waals surface area contributed by atoms with E-state index < -0.39 is 0 Å². The lowest BCUT2D eigenvalue weighted by Gasteiger charge is -2.03. The first-order valence-electron chi connectivity index (χ1n) is 4.29. The number of carbonyl (C=O) groups excluding carboxylic acids is 1. The Morgan fingerprint density at radius 2 is 2.21 bits per heavy atom. The molecule has 1 heterocycles. The van der Waals surface area contributed by atoms with Crippen LogP contribution in [0.3, 0.4) is 0 Å². The van der Waals surface area contributed by atoms with Gasteiger partial charge in [0, 0.05) is 13.1 Å². The van der Waals surface area contributed by atoms with E-state index in [9.17, 15) is 4.79 Å². The lowest BCUT2D eigenvalue weighted by atomic mass is 10.4. The van der Waals surface area contributed by atoms with Gasteiger partial charge < -0.3 is 16.4 Å². The Morgan fingerprint density at radius 3 is 2.71 bits per heavy atom. The molecule has 0 fully saturated rings. The summed E-state index contributed by atoms with van der Waals surface area (Å²) in [6.07, 6.45) is 0. The van der Waals surface area contributed by atoms with Crippen molar-refractivity contribution >= 4 is 28.2 Å². The molecule has 0 aliphatic rings. The number of nitrogen functional groups attached to an aromatic ring is 1. The molecule has 4 N–H and O–H groups in total. The fourth-order valence-corrected chi connectivity index (χ4v) is 1.89. The molecule has 14 heavy (non-hydrogen) atoms. The lowest BCUT2D eigenvalue weighted by molar-refractivity contribution is 0.0968. The smallest absolute Gasteiger partial charge is 0.265 e. The average molecular weight is 214 g/mol. The second kappa shape index (κ2) is 4.28. The molecule has 0 aliphatic heterocycles. The van der Waals surface area contributed by atoms with Crippen molar-refractivity contribution < 1.29 is 4.79 Å². The first kappa shape index (κ1) is 10.8. The topological polar surface area (TPSA) is 80.0 Å². The second-order valence-corrected chi connectivity index (χ2v) is 4.11. The second-order valence-electron chi connectivity index (χ2n) is 3.11. The van der Waals surface area contributed by atoms with Crippen molar-refractivity contribution in [3.63, 3.8) is 0 Å². The van der Waals surface area contributed by atoms with Crippen LogP contribution in [0, 0.1) is 0 Å². The zero-order valence-corrected chi connectivity index (χ0v) is 9.23. The third-order valence-corrected chi connectivity index (χ3v) is 2.50. The number of anilines is 2. The number of amides is 1. The molecule has 0 saturated carbocycles. The van der Waals surface area contributed by atoms with Crippen molar-refractivity contribution in [3.8, 4) is 0 Å². The van der Waals surface area contributed by atoms with Gasteiger partial charge in [0.15, 0.2) is 5.13 Å². The van der Waals surface area contributed by atoms with Gasteiger partial charge in [0.1, 0.15) is 10.7 Å². The minimum atomic E-state index is -0.197. The van der Waals surface area contributed by atoms with Gasteiger partial charge in [-0.25, -0.2) is 4.98 Å². The number of carbonyl (C=O) groups is 1. The predicted octanol–water partition coefficient (Wildman–Crippen LogP) is 0.905. The summed E-state index contributed by atoms with van der Waals surface area (Å²) in [5, 5.41) is 6.28. The normalized spacial score (nSPS) is 10.3. The summed E-state index contributed by atoms with van der Waals surface area (Å²) in [6, 6.07) is 0.276. The zero-order chi connectivity index (χ0) is 10.7. The van der Waals surface area contributed by atoms with Gasteiger partial charge in [0.25, 0.3) is 5.91 Å². The summed E-state index contributed by atoms with van der Waals surface area (Å²) >= 11 is 1.26. The maximum Gasteiger partial charge on any atom is 0.265 e. The van der Waals surface area contributed by atoms with Crippen molar-refractivity contribution in [1.82, 2.24) is 10.3 Å². The average Bonchev–Trinajstić information content (AvgIpc) is 2.44. The van der Waals surface area contributed by atoms with E-state index >= 15 is 0 Å². The number of nitrogens with zero attached hydrogens (tertiary/aromatic N) is 1. The first-order chi connectivity index (χ1) is 6.54. The molecule has 0 radical (unpaired) electrons. The van der Waals surface area contributed by atoms with Gasteiger partial charge in [-0.2, -0.15) is 0 Å². The maximum absolute atomic E-state index is 11.3. The summed E-state index contributed by atoms with van der Waals surface area (Å²) in [7, 11) is 1.57. The van der Waals surface area contributed by atoms with E-state index in [1.54, 1.807) is 7.05 Å². The lowest BCUT2D eigenvalue weighted by Crippen LogP contribution is -2.17. The van der Waals surface area contributed by atoms with Crippen LogP contribution in [0.25, 0.3) is 0 Å². The Labute approximate surface area is 86.7 Å². The number of thiazole rings is 1. The van der Waals surface area contributed by atoms with E-state index in [1.165, 1.54) is 11.3 Å². The van der Waals surface area contributed by atoms with Gasteiger partial charge in [0.2, 0.25) is 0 Å². The highest BCUT2D eigenvalue weighted by Crippen LogP contribution is 2.24. The van der Waals surface area contributed by atoms with Crippen LogP contribution in [0.2, 0.25) is 0 Å². The molecular formula is C8H14N4OS. The number of hydrogen-bond donors (Lipinski definition) is 3. The quantitative estimate of drug-likeness (QED) is 0.698. The molecule has 1 amide bonds. The highest BCUT2D eigenvalue weighted by atomic mass is 32.1. The van der Waals surface area contributed by atoms with Crippen molar-refractivity contribution in [3.05, 3.63) is 4.88 Å². The third-order valence-electron chi connectivity index (χ3n) is 1.50. The molecule has 1 rings (SSSR count). The summed E-state index contributed by atoms with van der Waals surface area (Å²) in [5.74, 6) is 0.0781. The van der Waals surface area contributed by atoms with Gasteiger partial charge in [-0.05, 0) is 13.8 Å². The largest absolute Gasteiger partial charge is 0.382 e. The Morgan fingerprint density at radius 1 is 1.57 bits per heavy atom. The molecule has 1 aromatic rings. The summed E-state index contributed by atoms with van der Waals surface area (Å²) in [4.78, 5) is 15.8. The van der Waals surface area contributed by atoms with Crippen LogP contribution in [-0.4, -0.2) is 24.0 Å². The number of hydrogen-bond acceptors (Lipinski definition) is 5. The van der Waals surface area contributed by atoms with Crippen LogP contribution >= 0.6 is 11.3 Å². The highest BCUT2D eigenvalue weighted by molar-refractivity contribution is 7.18. The molecule has 0 aromatic carbocycles. The van der Waals surface area contributed by atoms with E-state index in [4.69, 9.17) is 5.73 Å². The molecule has 5 nitrogen and oxygen atoms in total. The zero-order valence-electron chi connectivity index (χ0n) is 8.42. The van der Waals surface area contributed by atoms with Crippen molar-refractivity contribution in [2.24, 2.45) is 0 Å². The standard InChI is InChI=1S/C8H14N4OS/c1-4(2)11-8-12-6(9)5(14-8)7(13)10-3/h4H,9H2,1-3H3,(H,10,13)(H,11,12). The highest BCUT2D eigenvalue weighted by Gasteiger charge is 2.14. The molecular weight excluding hydrogens is 200 g/mol. The van der Waals surface area contributed by atoms with Crippen molar-refractivity contribution in [2.75, 3.05) is 18.1 Å². The molecule has 6 heteroatoms. The van der Waals surface area contributed by atoms with Crippen molar-refractivity contribution in [1.29, 1.82) is 0 Å². The van der Waals surface area contributed by atoms with Crippen LogP contribution in [0.4, 0.5) is 10.9 Å². The summed E-state index contributed by atoms with van der Waals surface area (Å²) in [6.45, 7) is 3.99. The van der Waals surface area contributed by atoms with Crippen molar-refractivity contribution in [2.45, 2.75) is 19.9 Å². The Hall–Kier alpha value is -1.30. The fourth-order valence-electron chi connectivity index (χ4n) is 0.917. The maximum atomic E-state index is 11.3. The SMILES string of the molecule is CNC(=O)c1sc(NC(C)C)nc1N. The van der Waals surface area contributed by atoms with E-state index in [2.05, 4.69) is 15.6 Å². The van der Waals surface area contributed by atoms with Gasteiger partial charge in [-0.3, -0.25) is 4.79 Å². The van der Waals surface area contributed by atoms with Crippen LogP contribution in [-0.2, 0) is 0 Å². The number of nitrogens with two attached hydrogens (primary N) is 1. The minimum absolute atomic E-state index is 0.197. The fraction of sp³-hybridized carbons (Fsp3) is 0.500. The van der Waals surface area contributed by atoms with E-state index in [1.807, 2.05) is 13.8 Å². The molecule has 0 bridgehead atoms. The number of nitrogens with one attached hydrogen (secondary N) is 2. The number of aromatic nitrogens is 1. The Balaban J connectivity index is 2.87. The van der Waals surface area contributed by atoms with Gasteiger partial charge in [0.05, 0.1) is 0 Å². The molecule has 0 saturated heterocycles. The van der Waals surface area contributed by atoms with Crippen LogP contribution < -0.4 is 16.4 Å². The monoisotopic (exact) mass is 214 g/mol. The summed E-state index contributed by atoms with van der Waals surface area (Å²) in [5.41, 5.74) is 5.59. The minimum Gasteiger partial charge on any atom is -0.382 e. The molecule has 0 atom stereocenters. The van der Waals surface area contributed by atoms with Gasteiger partial charge in [-0.15, -0.1) is 0 Å². The van der Waals surface area contributed by atoms with Crippen LogP contribution in [0.15, 0.2) is 0 Å². The van der Waals surface area contributed by atoms with Crippen LogP contribution in [0.5, 0.6) is 0 Å². The van der Waals surface area contributed by atoms with E-state index in [0.717, 1.165) is 0 Å². The molecule has 0 aliphatic carbocycles. The van der Waals surface area contributed by atoms with E-state index in [-0.39, 0.29) is 17.8 Å². The Kier molecular flexibility index (Phi) is 3.29. The molecule has 0 unspecified atom stereocenters. The van der Waals surface area contributed by atoms with Gasteiger partial charge in [-0.1, -0.05) is 11.3 Å². The molecule has 0 spiro atoms.